The van der Waals surface area contributed by atoms with Gasteiger partial charge in [0.15, 0.2) is 9.84 Å². The molecule has 0 aromatic heterocycles. The number of hydrogen-bond donors (Lipinski definition) is 1. The van der Waals surface area contributed by atoms with Crippen molar-refractivity contribution in [2.45, 2.75) is 5.75 Å². The van der Waals surface area contributed by atoms with Gasteiger partial charge in [0.1, 0.15) is 11.6 Å². The summed E-state index contributed by atoms with van der Waals surface area (Å²) in [5.74, 6) is -2.37. The minimum Gasteiger partial charge on any atom is -0.319 e. The second-order valence-electron chi connectivity index (χ2n) is 6.40. The van der Waals surface area contributed by atoms with E-state index in [-0.39, 0.29) is 22.6 Å². The molecule has 0 atom stereocenters. The van der Waals surface area contributed by atoms with Gasteiger partial charge in [0.25, 0.3) is 5.91 Å². The predicted molar refractivity (Wildman–Crippen MR) is 105 cm³/mol. The summed E-state index contributed by atoms with van der Waals surface area (Å²) in [6.07, 6.45) is 1.12. The maximum atomic E-state index is 14.4. The van der Waals surface area contributed by atoms with Crippen molar-refractivity contribution >= 4 is 21.4 Å². The number of carbonyl (C=O) groups excluding carboxylic acids is 1. The van der Waals surface area contributed by atoms with Crippen LogP contribution < -0.4 is 5.32 Å². The van der Waals surface area contributed by atoms with Gasteiger partial charge in [-0.15, -0.1) is 0 Å². The molecule has 0 saturated carbocycles. The van der Waals surface area contributed by atoms with Crippen LogP contribution in [0.15, 0.2) is 66.7 Å². The molecule has 0 aliphatic rings. The molecule has 144 valence electrons. The van der Waals surface area contributed by atoms with Crippen LogP contribution in [0.1, 0.15) is 15.9 Å². The smallest absolute Gasteiger partial charge is 0.255 e. The van der Waals surface area contributed by atoms with Crippen LogP contribution in [0.4, 0.5) is 14.5 Å². The molecular weight excluding hydrogens is 384 g/mol. The Morgan fingerprint density at radius 1 is 0.964 bits per heavy atom. The molecule has 1 amide bonds. The molecule has 3 aromatic rings. The number of halogens is 2. The zero-order chi connectivity index (χ0) is 20.3. The molecule has 0 fully saturated rings. The van der Waals surface area contributed by atoms with Gasteiger partial charge in [0, 0.05) is 23.4 Å². The average molecular weight is 401 g/mol. The monoisotopic (exact) mass is 401 g/mol. The van der Waals surface area contributed by atoms with Gasteiger partial charge in [-0.05, 0) is 29.3 Å². The summed E-state index contributed by atoms with van der Waals surface area (Å²) in [6.45, 7) is 0. The summed E-state index contributed by atoms with van der Waals surface area (Å²) in [5, 5.41) is 2.49. The Morgan fingerprint density at radius 3 is 2.21 bits per heavy atom. The molecule has 0 unspecified atom stereocenters. The maximum absolute atomic E-state index is 14.4. The van der Waals surface area contributed by atoms with Crippen LogP contribution in [0, 0.1) is 11.6 Å². The molecule has 0 bridgehead atoms. The molecule has 7 heteroatoms. The molecule has 0 aliphatic heterocycles. The van der Waals surface area contributed by atoms with Crippen molar-refractivity contribution in [1.29, 1.82) is 0 Å². The number of rotatable bonds is 5. The van der Waals surface area contributed by atoms with Crippen molar-refractivity contribution in [3.63, 3.8) is 0 Å². The highest BCUT2D eigenvalue weighted by molar-refractivity contribution is 7.89. The Morgan fingerprint density at radius 2 is 1.61 bits per heavy atom. The van der Waals surface area contributed by atoms with E-state index >= 15 is 0 Å². The first-order chi connectivity index (χ1) is 13.2. The summed E-state index contributed by atoms with van der Waals surface area (Å²) < 4.78 is 50.8. The molecule has 4 nitrogen and oxygen atoms in total. The standard InChI is InChI=1S/C21H17F2NO3S/c1-28(26,27)13-14-7-9-16(10-8-14)21(25)24-20-18(11-17(22)12-19(20)23)15-5-3-2-4-6-15/h2-12H,13H2,1H3,(H,24,25). The lowest BCUT2D eigenvalue weighted by Crippen LogP contribution is -2.14. The van der Waals surface area contributed by atoms with E-state index in [0.29, 0.717) is 17.2 Å². The van der Waals surface area contributed by atoms with E-state index in [1.165, 1.54) is 24.3 Å². The Labute approximate surface area is 161 Å². The molecule has 3 aromatic carbocycles. The number of sulfone groups is 1. The third-order valence-electron chi connectivity index (χ3n) is 4.02. The normalized spacial score (nSPS) is 11.2. The van der Waals surface area contributed by atoms with Crippen molar-refractivity contribution < 1.29 is 22.0 Å². The van der Waals surface area contributed by atoms with Crippen LogP contribution in [0.3, 0.4) is 0 Å². The van der Waals surface area contributed by atoms with Gasteiger partial charge < -0.3 is 5.32 Å². The van der Waals surface area contributed by atoms with Crippen molar-refractivity contribution in [3.05, 3.63) is 89.5 Å². The Hall–Kier alpha value is -3.06. The van der Waals surface area contributed by atoms with E-state index in [2.05, 4.69) is 5.32 Å². The van der Waals surface area contributed by atoms with Crippen LogP contribution in [0.5, 0.6) is 0 Å². The lowest BCUT2D eigenvalue weighted by molar-refractivity contribution is 0.102. The fourth-order valence-corrected chi connectivity index (χ4v) is 3.58. The third-order valence-corrected chi connectivity index (χ3v) is 4.88. The second kappa shape index (κ2) is 7.90. The van der Waals surface area contributed by atoms with E-state index in [1.807, 2.05) is 0 Å². The van der Waals surface area contributed by atoms with Crippen LogP contribution in [-0.2, 0) is 15.6 Å². The van der Waals surface area contributed by atoms with Crippen LogP contribution in [-0.4, -0.2) is 20.6 Å². The number of carbonyl (C=O) groups is 1. The van der Waals surface area contributed by atoms with E-state index < -0.39 is 27.4 Å². The molecule has 0 spiro atoms. The number of hydrogen-bond acceptors (Lipinski definition) is 3. The van der Waals surface area contributed by atoms with Crippen LogP contribution >= 0.6 is 0 Å². The second-order valence-corrected chi connectivity index (χ2v) is 8.54. The average Bonchev–Trinajstić information content (AvgIpc) is 2.63. The third kappa shape index (κ3) is 4.80. The van der Waals surface area contributed by atoms with E-state index in [0.717, 1.165) is 12.3 Å². The van der Waals surface area contributed by atoms with Crippen molar-refractivity contribution in [1.82, 2.24) is 0 Å². The van der Waals surface area contributed by atoms with Crippen molar-refractivity contribution in [2.75, 3.05) is 11.6 Å². The molecule has 0 radical (unpaired) electrons. The number of anilines is 1. The van der Waals surface area contributed by atoms with E-state index in [9.17, 15) is 22.0 Å². The predicted octanol–water partition coefficient (Wildman–Crippen LogP) is 4.43. The summed E-state index contributed by atoms with van der Waals surface area (Å²) in [6, 6.07) is 16.4. The highest BCUT2D eigenvalue weighted by Crippen LogP contribution is 2.31. The van der Waals surface area contributed by atoms with Crippen molar-refractivity contribution in [3.8, 4) is 11.1 Å². The van der Waals surface area contributed by atoms with E-state index in [1.54, 1.807) is 30.3 Å². The van der Waals surface area contributed by atoms with E-state index in [4.69, 9.17) is 0 Å². The molecule has 1 N–H and O–H groups in total. The van der Waals surface area contributed by atoms with Gasteiger partial charge in [-0.2, -0.15) is 0 Å². The minimum absolute atomic E-state index is 0.127. The van der Waals surface area contributed by atoms with Crippen LogP contribution in [0.2, 0.25) is 0 Å². The van der Waals surface area contributed by atoms with Gasteiger partial charge in [0.05, 0.1) is 11.4 Å². The number of amides is 1. The molecule has 28 heavy (non-hydrogen) atoms. The molecule has 0 heterocycles. The van der Waals surface area contributed by atoms with Crippen LogP contribution in [0.25, 0.3) is 11.1 Å². The number of nitrogens with one attached hydrogen (secondary N) is 1. The largest absolute Gasteiger partial charge is 0.319 e. The summed E-state index contributed by atoms with van der Waals surface area (Å²) in [7, 11) is -3.19. The summed E-state index contributed by atoms with van der Waals surface area (Å²) in [4.78, 5) is 12.5. The minimum atomic E-state index is -3.19. The van der Waals surface area contributed by atoms with Gasteiger partial charge in [-0.25, -0.2) is 17.2 Å². The lowest BCUT2D eigenvalue weighted by Gasteiger charge is -2.13. The van der Waals surface area contributed by atoms with Gasteiger partial charge >= 0.3 is 0 Å². The SMILES string of the molecule is CS(=O)(=O)Cc1ccc(C(=O)Nc2c(F)cc(F)cc2-c2ccccc2)cc1. The van der Waals surface area contributed by atoms with Gasteiger partial charge in [-0.1, -0.05) is 42.5 Å². The Bertz CT molecular complexity index is 1110. The maximum Gasteiger partial charge on any atom is 0.255 e. The summed E-state index contributed by atoms with van der Waals surface area (Å²) >= 11 is 0. The quantitative estimate of drug-likeness (QED) is 0.688. The summed E-state index contributed by atoms with van der Waals surface area (Å²) in [5.41, 5.74) is 1.41. The fraction of sp³-hybridized carbons (Fsp3) is 0.0952. The molecule has 3 rings (SSSR count). The van der Waals surface area contributed by atoms with Gasteiger partial charge in [-0.3, -0.25) is 4.79 Å². The first-order valence-corrected chi connectivity index (χ1v) is 10.4. The van der Waals surface area contributed by atoms with Crippen molar-refractivity contribution in [2.24, 2.45) is 0 Å². The molecular formula is C21H17F2NO3S. The molecule has 0 aliphatic carbocycles. The topological polar surface area (TPSA) is 63.2 Å². The first-order valence-electron chi connectivity index (χ1n) is 8.35. The first kappa shape index (κ1) is 19.7. The molecule has 0 saturated heterocycles. The number of benzene rings is 3. The van der Waals surface area contributed by atoms with Gasteiger partial charge in [0.2, 0.25) is 0 Å². The highest BCUT2D eigenvalue weighted by Gasteiger charge is 2.17. The highest BCUT2D eigenvalue weighted by atomic mass is 32.2. The lowest BCUT2D eigenvalue weighted by atomic mass is 10.0. The zero-order valence-corrected chi connectivity index (χ0v) is 15.8. The zero-order valence-electron chi connectivity index (χ0n) is 14.9. The fourth-order valence-electron chi connectivity index (χ4n) is 2.79. The Kier molecular flexibility index (Phi) is 5.56. The Balaban J connectivity index is 1.90.